The van der Waals surface area contributed by atoms with Crippen LogP contribution in [0.5, 0.6) is 0 Å². The van der Waals surface area contributed by atoms with Gasteiger partial charge in [-0.1, -0.05) is 12.1 Å². The summed E-state index contributed by atoms with van der Waals surface area (Å²) in [7, 11) is 0. The molecule has 2 rings (SSSR count). The van der Waals surface area contributed by atoms with Crippen LogP contribution in [0.15, 0.2) is 42.6 Å². The molecule has 0 bridgehead atoms. The number of carbonyl (C=O) groups excluding carboxylic acids is 1. The molecule has 0 spiro atoms. The third-order valence-corrected chi connectivity index (χ3v) is 2.59. The van der Waals surface area contributed by atoms with Crippen molar-refractivity contribution in [1.82, 2.24) is 4.98 Å². The Morgan fingerprint density at radius 2 is 2.00 bits per heavy atom. The van der Waals surface area contributed by atoms with Gasteiger partial charge in [-0.25, -0.2) is 9.78 Å². The molecule has 6 nitrogen and oxygen atoms in total. The van der Waals surface area contributed by atoms with E-state index in [0.717, 1.165) is 5.56 Å². The lowest BCUT2D eigenvalue weighted by Crippen LogP contribution is -2.19. The first-order valence-corrected chi connectivity index (χ1v) is 5.93. The second-order valence-electron chi connectivity index (χ2n) is 4.08. The Hall–Kier alpha value is -3.07. The van der Waals surface area contributed by atoms with Gasteiger partial charge in [-0.15, -0.1) is 0 Å². The van der Waals surface area contributed by atoms with E-state index in [1.54, 1.807) is 24.3 Å². The Morgan fingerprint density at radius 1 is 1.25 bits per heavy atom. The molecule has 4 N–H and O–H groups in total. The van der Waals surface area contributed by atoms with Gasteiger partial charge in [-0.3, -0.25) is 0 Å². The number of urea groups is 1. The molecule has 1 aromatic carbocycles. The smallest absolute Gasteiger partial charge is 0.316 e. The third kappa shape index (κ3) is 3.71. The highest BCUT2D eigenvalue weighted by Gasteiger charge is 1.98. The number of carbonyl (C=O) groups is 1. The molecule has 0 atom stereocenters. The van der Waals surface area contributed by atoms with Crippen LogP contribution in [0.4, 0.5) is 16.3 Å². The number of nitriles is 1. The van der Waals surface area contributed by atoms with E-state index in [1.807, 2.05) is 18.2 Å². The van der Waals surface area contributed by atoms with Crippen molar-refractivity contribution in [1.29, 1.82) is 5.26 Å². The van der Waals surface area contributed by atoms with E-state index in [1.165, 1.54) is 6.20 Å². The molecule has 1 aromatic heterocycles. The quantitative estimate of drug-likeness (QED) is 0.788. The average Bonchev–Trinajstić information content (AvgIpc) is 2.46. The Labute approximate surface area is 116 Å². The minimum absolute atomic E-state index is 0.525. The van der Waals surface area contributed by atoms with Gasteiger partial charge in [0.05, 0.1) is 5.56 Å². The first-order chi connectivity index (χ1) is 9.67. The Morgan fingerprint density at radius 3 is 2.55 bits per heavy atom. The van der Waals surface area contributed by atoms with Crippen molar-refractivity contribution in [2.45, 2.75) is 6.54 Å². The number of pyridine rings is 1. The maximum atomic E-state index is 10.7. The van der Waals surface area contributed by atoms with E-state index in [-0.39, 0.29) is 0 Å². The number of nitrogens with two attached hydrogens (primary N) is 1. The molecule has 6 heteroatoms. The first-order valence-electron chi connectivity index (χ1n) is 5.93. The van der Waals surface area contributed by atoms with Crippen molar-refractivity contribution >= 4 is 17.5 Å². The van der Waals surface area contributed by atoms with Crippen molar-refractivity contribution in [2.24, 2.45) is 5.73 Å². The molecule has 0 saturated heterocycles. The van der Waals surface area contributed by atoms with Crippen LogP contribution >= 0.6 is 0 Å². The number of aromatic nitrogens is 1. The van der Waals surface area contributed by atoms with Gasteiger partial charge in [0.2, 0.25) is 0 Å². The summed E-state index contributed by atoms with van der Waals surface area (Å²) in [5, 5.41) is 14.3. The van der Waals surface area contributed by atoms with Gasteiger partial charge in [0.25, 0.3) is 0 Å². The first kappa shape index (κ1) is 13.4. The second kappa shape index (κ2) is 6.20. The molecule has 2 aromatic rings. The summed E-state index contributed by atoms with van der Waals surface area (Å²) >= 11 is 0. The molecule has 100 valence electrons. The molecule has 0 aliphatic carbocycles. The summed E-state index contributed by atoms with van der Waals surface area (Å²) in [5.41, 5.74) is 7.24. The van der Waals surface area contributed by atoms with Crippen LogP contribution in [-0.2, 0) is 6.54 Å². The van der Waals surface area contributed by atoms with E-state index in [0.29, 0.717) is 23.6 Å². The lowest BCUT2D eigenvalue weighted by Gasteiger charge is -2.07. The van der Waals surface area contributed by atoms with Crippen LogP contribution in [0.2, 0.25) is 0 Å². The van der Waals surface area contributed by atoms with E-state index < -0.39 is 6.03 Å². The molecule has 20 heavy (non-hydrogen) atoms. The van der Waals surface area contributed by atoms with Crippen molar-refractivity contribution in [2.75, 3.05) is 10.6 Å². The lowest BCUT2D eigenvalue weighted by atomic mass is 10.2. The monoisotopic (exact) mass is 267 g/mol. The van der Waals surface area contributed by atoms with Crippen molar-refractivity contribution in [3.63, 3.8) is 0 Å². The molecular formula is C14H13N5O. The van der Waals surface area contributed by atoms with E-state index in [9.17, 15) is 4.79 Å². The SMILES string of the molecule is N#Cc1ccc(NCc2ccc(NC(N)=O)cc2)nc1. The normalized spacial score (nSPS) is 9.55. The maximum absolute atomic E-state index is 10.7. The van der Waals surface area contributed by atoms with Crippen LogP contribution in [0.1, 0.15) is 11.1 Å². The largest absolute Gasteiger partial charge is 0.366 e. The number of hydrogen-bond acceptors (Lipinski definition) is 4. The number of primary amides is 1. The molecule has 1 heterocycles. The standard InChI is InChI=1S/C14H13N5O/c15-7-11-3-6-13(18-9-11)17-8-10-1-4-12(5-2-10)19-14(16)20/h1-6,9H,8H2,(H,17,18)(H3,16,19,20). The second-order valence-corrected chi connectivity index (χ2v) is 4.08. The summed E-state index contributed by atoms with van der Waals surface area (Å²) < 4.78 is 0. The summed E-state index contributed by atoms with van der Waals surface area (Å²) in [6.07, 6.45) is 1.52. The van der Waals surface area contributed by atoms with Crippen LogP contribution in [0.3, 0.4) is 0 Å². The van der Waals surface area contributed by atoms with E-state index >= 15 is 0 Å². The zero-order valence-electron chi connectivity index (χ0n) is 10.6. The number of rotatable bonds is 4. The van der Waals surface area contributed by atoms with E-state index in [2.05, 4.69) is 15.6 Å². The zero-order valence-corrected chi connectivity index (χ0v) is 10.6. The molecule has 0 radical (unpaired) electrons. The average molecular weight is 267 g/mol. The van der Waals surface area contributed by atoms with Crippen molar-refractivity contribution in [3.8, 4) is 6.07 Å². The molecule has 0 aliphatic heterocycles. The van der Waals surface area contributed by atoms with Crippen LogP contribution in [-0.4, -0.2) is 11.0 Å². The van der Waals surface area contributed by atoms with Crippen LogP contribution in [0, 0.1) is 11.3 Å². The van der Waals surface area contributed by atoms with Gasteiger partial charge < -0.3 is 16.4 Å². The number of amides is 2. The number of anilines is 2. The highest BCUT2D eigenvalue weighted by molar-refractivity contribution is 5.87. The van der Waals surface area contributed by atoms with Crippen LogP contribution in [0.25, 0.3) is 0 Å². The number of nitrogens with zero attached hydrogens (tertiary/aromatic N) is 2. The molecule has 0 unspecified atom stereocenters. The summed E-state index contributed by atoms with van der Waals surface area (Å²) in [6, 6.07) is 12.2. The van der Waals surface area contributed by atoms with Crippen LogP contribution < -0.4 is 16.4 Å². The summed E-state index contributed by atoms with van der Waals surface area (Å²) in [4.78, 5) is 14.8. The minimum Gasteiger partial charge on any atom is -0.366 e. The highest BCUT2D eigenvalue weighted by atomic mass is 16.2. The zero-order chi connectivity index (χ0) is 14.4. The van der Waals surface area contributed by atoms with Gasteiger partial charge >= 0.3 is 6.03 Å². The molecule has 2 amide bonds. The van der Waals surface area contributed by atoms with Crippen molar-refractivity contribution in [3.05, 3.63) is 53.7 Å². The summed E-state index contributed by atoms with van der Waals surface area (Å²) in [6.45, 7) is 0.593. The summed E-state index contributed by atoms with van der Waals surface area (Å²) in [5.74, 6) is 0.698. The fourth-order valence-corrected chi connectivity index (χ4v) is 1.61. The Bertz CT molecular complexity index is 628. The molecule has 0 aliphatic rings. The van der Waals surface area contributed by atoms with Gasteiger partial charge in [0, 0.05) is 18.4 Å². The Kier molecular flexibility index (Phi) is 4.14. The predicted octanol–water partition coefficient (Wildman–Crippen LogP) is 2.06. The minimum atomic E-state index is -0.586. The lowest BCUT2D eigenvalue weighted by molar-refractivity contribution is 0.259. The number of hydrogen-bond donors (Lipinski definition) is 3. The maximum Gasteiger partial charge on any atom is 0.316 e. The van der Waals surface area contributed by atoms with Gasteiger partial charge in [-0.2, -0.15) is 5.26 Å². The molecular weight excluding hydrogens is 254 g/mol. The predicted molar refractivity (Wildman–Crippen MR) is 75.9 cm³/mol. The Balaban J connectivity index is 1.93. The van der Waals surface area contributed by atoms with E-state index in [4.69, 9.17) is 11.0 Å². The van der Waals surface area contributed by atoms with Gasteiger partial charge in [0.1, 0.15) is 11.9 Å². The number of nitrogens with one attached hydrogen (secondary N) is 2. The van der Waals surface area contributed by atoms with Gasteiger partial charge in [-0.05, 0) is 29.8 Å². The third-order valence-electron chi connectivity index (χ3n) is 2.59. The van der Waals surface area contributed by atoms with Crippen molar-refractivity contribution < 1.29 is 4.79 Å². The number of benzene rings is 1. The molecule has 0 saturated carbocycles. The fourth-order valence-electron chi connectivity index (χ4n) is 1.61. The highest BCUT2D eigenvalue weighted by Crippen LogP contribution is 2.11. The topological polar surface area (TPSA) is 104 Å². The molecule has 0 fully saturated rings. The van der Waals surface area contributed by atoms with Gasteiger partial charge in [0.15, 0.2) is 0 Å². The fraction of sp³-hybridized carbons (Fsp3) is 0.0714.